The van der Waals surface area contributed by atoms with Crippen molar-refractivity contribution < 1.29 is 9.90 Å². The van der Waals surface area contributed by atoms with Crippen LogP contribution in [0.4, 0.5) is 0 Å². The molecule has 1 aromatic carbocycles. The topological polar surface area (TPSA) is 40.5 Å². The van der Waals surface area contributed by atoms with E-state index in [4.69, 9.17) is 16.7 Å². The average molecular weight is 268 g/mol. The van der Waals surface area contributed by atoms with Crippen molar-refractivity contribution in [2.45, 2.75) is 31.7 Å². The Morgan fingerprint density at radius 2 is 2.11 bits per heavy atom. The van der Waals surface area contributed by atoms with Gasteiger partial charge in [0.25, 0.3) is 5.91 Å². The highest BCUT2D eigenvalue weighted by molar-refractivity contribution is 6.33. The normalized spacial score (nSPS) is 15.2. The molecule has 0 spiro atoms. The minimum Gasteiger partial charge on any atom is -0.396 e. The molecule has 0 aliphatic heterocycles. The maximum absolute atomic E-state index is 12.5. The molecule has 0 aromatic heterocycles. The molecule has 0 heterocycles. The number of hydrogen-bond acceptors (Lipinski definition) is 2. The van der Waals surface area contributed by atoms with E-state index in [-0.39, 0.29) is 12.5 Å². The summed E-state index contributed by atoms with van der Waals surface area (Å²) >= 11 is 6.07. The highest BCUT2D eigenvalue weighted by Gasteiger charge is 2.29. The Morgan fingerprint density at radius 3 is 2.67 bits per heavy atom. The van der Waals surface area contributed by atoms with Gasteiger partial charge in [0, 0.05) is 19.2 Å². The number of benzene rings is 1. The lowest BCUT2D eigenvalue weighted by Crippen LogP contribution is -2.45. The second-order valence-corrected chi connectivity index (χ2v) is 5.05. The molecule has 1 aliphatic carbocycles. The molecule has 0 saturated heterocycles. The number of aliphatic hydroxyl groups is 1. The molecule has 4 heteroatoms. The monoisotopic (exact) mass is 267 g/mol. The standard InChI is InChI=1S/C14H18ClNO2/c15-13-8-2-1-7-12(13)14(18)16(9-4-10-17)11-5-3-6-11/h1-2,7-8,11,17H,3-6,9-10H2. The molecular formula is C14H18ClNO2. The first kappa shape index (κ1) is 13.4. The average Bonchev–Trinajstić information content (AvgIpc) is 2.32. The van der Waals surface area contributed by atoms with Gasteiger partial charge in [-0.2, -0.15) is 0 Å². The van der Waals surface area contributed by atoms with Gasteiger partial charge in [-0.1, -0.05) is 23.7 Å². The zero-order valence-corrected chi connectivity index (χ0v) is 11.1. The number of aliphatic hydroxyl groups excluding tert-OH is 1. The maximum atomic E-state index is 12.5. The first-order chi connectivity index (χ1) is 8.74. The third-order valence-electron chi connectivity index (χ3n) is 3.44. The van der Waals surface area contributed by atoms with Crippen LogP contribution in [0.15, 0.2) is 24.3 Å². The van der Waals surface area contributed by atoms with Crippen LogP contribution in [0.1, 0.15) is 36.0 Å². The van der Waals surface area contributed by atoms with Gasteiger partial charge < -0.3 is 10.0 Å². The van der Waals surface area contributed by atoms with Gasteiger partial charge in [0.05, 0.1) is 10.6 Å². The maximum Gasteiger partial charge on any atom is 0.255 e. The van der Waals surface area contributed by atoms with Gasteiger partial charge in [0.2, 0.25) is 0 Å². The molecule has 3 nitrogen and oxygen atoms in total. The summed E-state index contributed by atoms with van der Waals surface area (Å²) in [5, 5.41) is 9.43. The summed E-state index contributed by atoms with van der Waals surface area (Å²) in [5.74, 6) is -0.0150. The van der Waals surface area contributed by atoms with Crippen LogP contribution in [0.25, 0.3) is 0 Å². The quantitative estimate of drug-likeness (QED) is 0.891. The Kier molecular flexibility index (Phi) is 4.61. The van der Waals surface area contributed by atoms with E-state index in [0.717, 1.165) is 12.8 Å². The van der Waals surface area contributed by atoms with Crippen LogP contribution in [-0.4, -0.2) is 35.1 Å². The van der Waals surface area contributed by atoms with Crippen molar-refractivity contribution in [1.29, 1.82) is 0 Å². The molecule has 98 valence electrons. The van der Waals surface area contributed by atoms with E-state index in [1.807, 2.05) is 17.0 Å². The van der Waals surface area contributed by atoms with Crippen LogP contribution < -0.4 is 0 Å². The molecule has 1 N–H and O–H groups in total. The molecule has 1 aromatic rings. The van der Waals surface area contributed by atoms with Crippen LogP contribution in [0.3, 0.4) is 0 Å². The van der Waals surface area contributed by atoms with E-state index in [0.29, 0.717) is 29.6 Å². The van der Waals surface area contributed by atoms with Crippen molar-refractivity contribution in [3.8, 4) is 0 Å². The summed E-state index contributed by atoms with van der Waals surface area (Å²) in [6, 6.07) is 7.46. The molecular weight excluding hydrogens is 250 g/mol. The second-order valence-electron chi connectivity index (χ2n) is 4.64. The van der Waals surface area contributed by atoms with Crippen molar-refractivity contribution in [1.82, 2.24) is 4.90 Å². The molecule has 0 radical (unpaired) electrons. The molecule has 1 amide bonds. The van der Waals surface area contributed by atoms with Crippen molar-refractivity contribution in [3.05, 3.63) is 34.9 Å². The van der Waals surface area contributed by atoms with E-state index in [1.165, 1.54) is 6.42 Å². The van der Waals surface area contributed by atoms with Crippen LogP contribution in [0, 0.1) is 0 Å². The number of carbonyl (C=O) groups excluding carboxylic acids is 1. The number of amides is 1. The molecule has 0 atom stereocenters. The number of hydrogen-bond donors (Lipinski definition) is 1. The van der Waals surface area contributed by atoms with Gasteiger partial charge in [0.1, 0.15) is 0 Å². The second kappa shape index (κ2) is 6.21. The van der Waals surface area contributed by atoms with Gasteiger partial charge >= 0.3 is 0 Å². The highest BCUT2D eigenvalue weighted by Crippen LogP contribution is 2.27. The van der Waals surface area contributed by atoms with Crippen LogP contribution in [0.2, 0.25) is 5.02 Å². The van der Waals surface area contributed by atoms with Crippen LogP contribution >= 0.6 is 11.6 Å². The molecule has 1 aliphatic rings. The van der Waals surface area contributed by atoms with E-state index < -0.39 is 0 Å². The number of nitrogens with zero attached hydrogens (tertiary/aromatic N) is 1. The fraction of sp³-hybridized carbons (Fsp3) is 0.500. The smallest absolute Gasteiger partial charge is 0.255 e. The van der Waals surface area contributed by atoms with Crippen molar-refractivity contribution in [2.75, 3.05) is 13.2 Å². The Hall–Kier alpha value is -1.06. The SMILES string of the molecule is O=C(c1ccccc1Cl)N(CCCO)C1CCC1. The van der Waals surface area contributed by atoms with Gasteiger partial charge in [0.15, 0.2) is 0 Å². The Labute approximate surface area is 112 Å². The number of carbonyl (C=O) groups is 1. The molecule has 0 unspecified atom stereocenters. The Balaban J connectivity index is 2.14. The number of rotatable bonds is 5. The van der Waals surface area contributed by atoms with Crippen molar-refractivity contribution in [3.63, 3.8) is 0 Å². The van der Waals surface area contributed by atoms with Crippen molar-refractivity contribution >= 4 is 17.5 Å². The Morgan fingerprint density at radius 1 is 1.39 bits per heavy atom. The minimum absolute atomic E-state index is 0.0150. The lowest BCUT2D eigenvalue weighted by Gasteiger charge is -2.37. The highest BCUT2D eigenvalue weighted by atomic mass is 35.5. The summed E-state index contributed by atoms with van der Waals surface area (Å²) in [4.78, 5) is 14.3. The van der Waals surface area contributed by atoms with Gasteiger partial charge in [-0.3, -0.25) is 4.79 Å². The summed E-state index contributed by atoms with van der Waals surface area (Å²) < 4.78 is 0. The summed E-state index contributed by atoms with van der Waals surface area (Å²) in [7, 11) is 0. The van der Waals surface area contributed by atoms with Crippen molar-refractivity contribution in [2.24, 2.45) is 0 Å². The molecule has 0 bridgehead atoms. The first-order valence-corrected chi connectivity index (χ1v) is 6.78. The Bertz CT molecular complexity index is 418. The zero-order valence-electron chi connectivity index (χ0n) is 10.3. The first-order valence-electron chi connectivity index (χ1n) is 6.40. The summed E-state index contributed by atoms with van der Waals surface area (Å²) in [6.45, 7) is 0.713. The third-order valence-corrected chi connectivity index (χ3v) is 3.77. The largest absolute Gasteiger partial charge is 0.396 e. The van der Waals surface area contributed by atoms with E-state index >= 15 is 0 Å². The fourth-order valence-corrected chi connectivity index (χ4v) is 2.40. The summed E-state index contributed by atoms with van der Waals surface area (Å²) in [6.07, 6.45) is 3.91. The molecule has 1 saturated carbocycles. The predicted octanol–water partition coefficient (Wildman–Crippen LogP) is 2.72. The zero-order chi connectivity index (χ0) is 13.0. The predicted molar refractivity (Wildman–Crippen MR) is 71.8 cm³/mol. The fourth-order valence-electron chi connectivity index (χ4n) is 2.18. The van der Waals surface area contributed by atoms with E-state index in [1.54, 1.807) is 12.1 Å². The van der Waals surface area contributed by atoms with Gasteiger partial charge in [-0.15, -0.1) is 0 Å². The van der Waals surface area contributed by atoms with Gasteiger partial charge in [-0.25, -0.2) is 0 Å². The summed E-state index contributed by atoms with van der Waals surface area (Å²) in [5.41, 5.74) is 0.559. The van der Waals surface area contributed by atoms with Gasteiger partial charge in [-0.05, 0) is 37.8 Å². The van der Waals surface area contributed by atoms with E-state index in [9.17, 15) is 4.79 Å². The lowest BCUT2D eigenvalue weighted by molar-refractivity contribution is 0.0562. The lowest BCUT2D eigenvalue weighted by atomic mass is 9.90. The number of halogens is 1. The molecule has 2 rings (SSSR count). The van der Waals surface area contributed by atoms with Crippen LogP contribution in [-0.2, 0) is 0 Å². The third kappa shape index (κ3) is 2.85. The molecule has 1 fully saturated rings. The van der Waals surface area contributed by atoms with E-state index in [2.05, 4.69) is 0 Å². The molecule has 18 heavy (non-hydrogen) atoms. The minimum atomic E-state index is -0.0150. The van der Waals surface area contributed by atoms with Crippen LogP contribution in [0.5, 0.6) is 0 Å².